The van der Waals surface area contributed by atoms with E-state index in [4.69, 9.17) is 21.5 Å². The predicted octanol–water partition coefficient (Wildman–Crippen LogP) is 2.35. The average Bonchev–Trinajstić information content (AvgIpc) is 2.52. The van der Waals surface area contributed by atoms with Crippen LogP contribution in [0.2, 0.25) is 5.02 Å². The van der Waals surface area contributed by atoms with E-state index < -0.39 is 16.1 Å². The number of methoxy groups -OCH3 is 1. The number of aldehydes is 1. The van der Waals surface area contributed by atoms with E-state index in [1.165, 1.54) is 31.4 Å². The molecule has 8 heteroatoms. The van der Waals surface area contributed by atoms with Crippen LogP contribution in [-0.2, 0) is 14.8 Å². The Hall–Kier alpha value is -2.09. The van der Waals surface area contributed by atoms with Gasteiger partial charge in [-0.15, -0.1) is 0 Å². The normalized spacial score (nSPS) is 12.5. The van der Waals surface area contributed by atoms with E-state index in [-0.39, 0.29) is 4.90 Å². The molecule has 1 atom stereocenters. The third kappa shape index (κ3) is 4.22. The second kappa shape index (κ2) is 6.99. The number of anilines is 1. The van der Waals surface area contributed by atoms with Crippen molar-refractivity contribution in [2.75, 3.05) is 12.4 Å². The highest BCUT2D eigenvalue weighted by molar-refractivity contribution is 7.89. The molecule has 0 saturated heterocycles. The zero-order valence-corrected chi connectivity index (χ0v) is 13.8. The SMILES string of the molecule is COc1ccc(C(C=O)Nc2ccc(S(N)(=O)=O)cc2)cc1Cl. The number of rotatable bonds is 6. The number of primary sulfonamides is 1. The number of ether oxygens (including phenoxy) is 1. The third-order valence-corrected chi connectivity index (χ3v) is 4.40. The zero-order chi connectivity index (χ0) is 17.0. The van der Waals surface area contributed by atoms with E-state index in [1.807, 2.05) is 0 Å². The van der Waals surface area contributed by atoms with Gasteiger partial charge in [-0.05, 0) is 42.0 Å². The van der Waals surface area contributed by atoms with Crippen LogP contribution in [0.5, 0.6) is 5.75 Å². The fourth-order valence-corrected chi connectivity index (χ4v) is 2.77. The molecule has 122 valence electrons. The standard InChI is InChI=1S/C15H15ClN2O4S/c1-22-15-7-2-10(8-13(15)16)14(9-19)18-11-3-5-12(6-4-11)23(17,20)21/h2-9,14,18H,1H3,(H2,17,20,21). The van der Waals surface area contributed by atoms with Crippen LogP contribution in [0.1, 0.15) is 11.6 Å². The van der Waals surface area contributed by atoms with Gasteiger partial charge in [0.05, 0.1) is 17.0 Å². The summed E-state index contributed by atoms with van der Waals surface area (Å²) in [5.41, 5.74) is 1.22. The van der Waals surface area contributed by atoms with Gasteiger partial charge in [0.2, 0.25) is 10.0 Å². The van der Waals surface area contributed by atoms with Crippen LogP contribution in [0.4, 0.5) is 5.69 Å². The van der Waals surface area contributed by atoms with Gasteiger partial charge in [-0.3, -0.25) is 0 Å². The molecule has 0 fully saturated rings. The molecule has 0 saturated carbocycles. The first-order valence-electron chi connectivity index (χ1n) is 6.53. The van der Waals surface area contributed by atoms with Crippen molar-refractivity contribution in [3.05, 3.63) is 53.1 Å². The first kappa shape index (κ1) is 17.3. The van der Waals surface area contributed by atoms with E-state index in [9.17, 15) is 13.2 Å². The predicted molar refractivity (Wildman–Crippen MR) is 88.2 cm³/mol. The van der Waals surface area contributed by atoms with Crippen LogP contribution in [0.15, 0.2) is 47.4 Å². The van der Waals surface area contributed by atoms with E-state index in [2.05, 4.69) is 5.32 Å². The Labute approximate surface area is 139 Å². The molecule has 0 heterocycles. The van der Waals surface area contributed by atoms with Crippen LogP contribution in [0, 0.1) is 0 Å². The van der Waals surface area contributed by atoms with Gasteiger partial charge in [0, 0.05) is 5.69 Å². The minimum atomic E-state index is -3.75. The number of halogens is 1. The monoisotopic (exact) mass is 354 g/mol. The fraction of sp³-hybridized carbons (Fsp3) is 0.133. The van der Waals surface area contributed by atoms with Gasteiger partial charge in [-0.1, -0.05) is 17.7 Å². The molecular weight excluding hydrogens is 340 g/mol. The molecule has 23 heavy (non-hydrogen) atoms. The van der Waals surface area contributed by atoms with E-state index in [1.54, 1.807) is 18.2 Å². The van der Waals surface area contributed by atoms with Gasteiger partial charge in [0.1, 0.15) is 18.1 Å². The van der Waals surface area contributed by atoms with Crippen LogP contribution in [0.25, 0.3) is 0 Å². The number of carbonyl (C=O) groups excluding carboxylic acids is 1. The molecule has 1 unspecified atom stereocenters. The maximum atomic E-state index is 11.3. The molecule has 0 aromatic heterocycles. The van der Waals surface area contributed by atoms with Crippen LogP contribution < -0.4 is 15.2 Å². The van der Waals surface area contributed by atoms with E-state index in [0.29, 0.717) is 22.0 Å². The second-order valence-electron chi connectivity index (χ2n) is 4.72. The van der Waals surface area contributed by atoms with Crippen molar-refractivity contribution >= 4 is 33.6 Å². The highest BCUT2D eigenvalue weighted by atomic mass is 35.5. The Morgan fingerprint density at radius 1 is 1.22 bits per heavy atom. The first-order chi connectivity index (χ1) is 10.8. The molecule has 0 aliphatic heterocycles. The number of sulfonamides is 1. The van der Waals surface area contributed by atoms with Crippen LogP contribution in [0.3, 0.4) is 0 Å². The maximum absolute atomic E-state index is 11.3. The molecule has 0 aliphatic carbocycles. The molecular formula is C15H15ClN2O4S. The smallest absolute Gasteiger partial charge is 0.238 e. The topological polar surface area (TPSA) is 98.5 Å². The number of benzene rings is 2. The molecule has 2 aromatic rings. The number of carbonyl (C=O) groups is 1. The third-order valence-electron chi connectivity index (χ3n) is 3.18. The number of nitrogens with two attached hydrogens (primary N) is 1. The summed E-state index contributed by atoms with van der Waals surface area (Å²) in [4.78, 5) is 11.3. The maximum Gasteiger partial charge on any atom is 0.238 e. The van der Waals surface area contributed by atoms with Gasteiger partial charge < -0.3 is 14.8 Å². The van der Waals surface area contributed by atoms with Crippen molar-refractivity contribution in [3.63, 3.8) is 0 Å². The van der Waals surface area contributed by atoms with Crippen molar-refractivity contribution in [1.29, 1.82) is 0 Å². The van der Waals surface area contributed by atoms with Crippen molar-refractivity contribution in [2.24, 2.45) is 5.14 Å². The van der Waals surface area contributed by atoms with Crippen molar-refractivity contribution in [3.8, 4) is 5.75 Å². The summed E-state index contributed by atoms with van der Waals surface area (Å²) in [6.07, 6.45) is 0.728. The largest absolute Gasteiger partial charge is 0.495 e. The summed E-state index contributed by atoms with van der Waals surface area (Å²) in [6, 6.07) is 10.2. The summed E-state index contributed by atoms with van der Waals surface area (Å²) in [7, 11) is -2.24. The Morgan fingerprint density at radius 3 is 2.35 bits per heavy atom. The van der Waals surface area contributed by atoms with Crippen LogP contribution >= 0.6 is 11.6 Å². The lowest BCUT2D eigenvalue weighted by atomic mass is 10.1. The molecule has 0 aliphatic rings. The van der Waals surface area contributed by atoms with Crippen LogP contribution in [-0.4, -0.2) is 21.8 Å². The fourth-order valence-electron chi connectivity index (χ4n) is 1.99. The molecule has 6 nitrogen and oxygen atoms in total. The van der Waals surface area contributed by atoms with Gasteiger partial charge in [0.15, 0.2) is 0 Å². The quantitative estimate of drug-likeness (QED) is 0.776. The molecule has 0 bridgehead atoms. The number of hydrogen-bond acceptors (Lipinski definition) is 5. The molecule has 2 aromatic carbocycles. The zero-order valence-electron chi connectivity index (χ0n) is 12.2. The van der Waals surface area contributed by atoms with E-state index in [0.717, 1.165) is 6.29 Å². The number of hydrogen-bond donors (Lipinski definition) is 2. The first-order valence-corrected chi connectivity index (χ1v) is 8.45. The highest BCUT2D eigenvalue weighted by Crippen LogP contribution is 2.28. The molecule has 2 rings (SSSR count). The van der Waals surface area contributed by atoms with Gasteiger partial charge >= 0.3 is 0 Å². The highest BCUT2D eigenvalue weighted by Gasteiger charge is 2.13. The summed E-state index contributed by atoms with van der Waals surface area (Å²) in [6.45, 7) is 0. The Kier molecular flexibility index (Phi) is 5.25. The van der Waals surface area contributed by atoms with Crippen molar-refractivity contribution in [1.82, 2.24) is 0 Å². The summed E-state index contributed by atoms with van der Waals surface area (Å²) < 4.78 is 27.5. The molecule has 0 amide bonds. The lowest BCUT2D eigenvalue weighted by Crippen LogP contribution is -2.14. The minimum Gasteiger partial charge on any atom is -0.495 e. The average molecular weight is 355 g/mol. The lowest BCUT2D eigenvalue weighted by molar-refractivity contribution is -0.108. The van der Waals surface area contributed by atoms with E-state index >= 15 is 0 Å². The number of nitrogens with one attached hydrogen (secondary N) is 1. The van der Waals surface area contributed by atoms with Gasteiger partial charge in [-0.2, -0.15) is 0 Å². The summed E-state index contributed by atoms with van der Waals surface area (Å²) in [5.74, 6) is 0.512. The van der Waals surface area contributed by atoms with Gasteiger partial charge in [-0.25, -0.2) is 13.6 Å². The lowest BCUT2D eigenvalue weighted by Gasteiger charge is -2.16. The minimum absolute atomic E-state index is 0.00167. The van der Waals surface area contributed by atoms with Gasteiger partial charge in [0.25, 0.3) is 0 Å². The van der Waals surface area contributed by atoms with Crippen molar-refractivity contribution in [2.45, 2.75) is 10.9 Å². The summed E-state index contributed by atoms with van der Waals surface area (Å²) in [5, 5.41) is 8.42. The van der Waals surface area contributed by atoms with Crippen molar-refractivity contribution < 1.29 is 17.9 Å². The Bertz CT molecular complexity index is 807. The summed E-state index contributed by atoms with van der Waals surface area (Å²) >= 11 is 6.06. The molecule has 0 spiro atoms. The Balaban J connectivity index is 2.22. The molecule has 3 N–H and O–H groups in total. The Morgan fingerprint density at radius 2 is 1.87 bits per heavy atom. The molecule has 0 radical (unpaired) electrons. The second-order valence-corrected chi connectivity index (χ2v) is 6.69.